The van der Waals surface area contributed by atoms with Gasteiger partial charge in [0.2, 0.25) is 5.91 Å². The number of hydrogen-bond acceptors (Lipinski definition) is 5. The van der Waals surface area contributed by atoms with Gasteiger partial charge in [0.1, 0.15) is 5.69 Å². The number of nitrogens with zero attached hydrogens (tertiary/aromatic N) is 2. The lowest BCUT2D eigenvalue weighted by Gasteiger charge is -2.22. The molecule has 0 aliphatic heterocycles. The van der Waals surface area contributed by atoms with E-state index < -0.39 is 4.92 Å². The van der Waals surface area contributed by atoms with Crippen LogP contribution in [0.5, 0.6) is 0 Å². The molecular weight excluding hydrogens is 262 g/mol. The molecule has 1 aromatic carbocycles. The monoisotopic (exact) mass is 281 g/mol. The number of nitro benzene ring substituents is 1. The predicted molar refractivity (Wildman–Crippen MR) is 75.5 cm³/mol. The maximum Gasteiger partial charge on any atom is 0.292 e. The van der Waals surface area contributed by atoms with Crippen LogP contribution < -0.4 is 10.2 Å². The van der Waals surface area contributed by atoms with Crippen molar-refractivity contribution in [3.8, 4) is 0 Å². The normalized spacial score (nSPS) is 11.8. The first-order chi connectivity index (χ1) is 9.40. The smallest absolute Gasteiger partial charge is 0.292 e. The minimum absolute atomic E-state index is 0.0804. The summed E-state index contributed by atoms with van der Waals surface area (Å²) in [7, 11) is 3.25. The lowest BCUT2D eigenvalue weighted by Crippen LogP contribution is -2.34. The van der Waals surface area contributed by atoms with E-state index in [1.54, 1.807) is 38.1 Å². The van der Waals surface area contributed by atoms with Crippen LogP contribution in [0.1, 0.15) is 12.5 Å². The lowest BCUT2D eigenvalue weighted by molar-refractivity contribution is -0.384. The summed E-state index contributed by atoms with van der Waals surface area (Å²) in [4.78, 5) is 23.8. The fourth-order valence-corrected chi connectivity index (χ4v) is 1.97. The molecule has 1 unspecified atom stereocenters. The van der Waals surface area contributed by atoms with Gasteiger partial charge in [0, 0.05) is 26.7 Å². The summed E-state index contributed by atoms with van der Waals surface area (Å²) in [6, 6.07) is 4.56. The van der Waals surface area contributed by atoms with Gasteiger partial charge in [-0.05, 0) is 11.6 Å². The summed E-state index contributed by atoms with van der Waals surface area (Å²) in [5.41, 5.74) is 0.819. The van der Waals surface area contributed by atoms with E-state index >= 15 is 0 Å². The van der Waals surface area contributed by atoms with Crippen LogP contribution in [0.15, 0.2) is 18.2 Å². The Hall–Kier alpha value is -2.15. The maximum absolute atomic E-state index is 11.5. The van der Waals surface area contributed by atoms with Gasteiger partial charge < -0.3 is 15.3 Å². The van der Waals surface area contributed by atoms with Gasteiger partial charge in [-0.1, -0.05) is 13.0 Å². The predicted octanol–water partition coefficient (Wildman–Crippen LogP) is 0.905. The minimum Gasteiger partial charge on any atom is -0.392 e. The Bertz CT molecular complexity index is 504. The summed E-state index contributed by atoms with van der Waals surface area (Å²) in [5.74, 6) is -0.409. The van der Waals surface area contributed by atoms with E-state index in [-0.39, 0.29) is 24.1 Å². The molecule has 2 N–H and O–H groups in total. The Morgan fingerprint density at radius 3 is 2.70 bits per heavy atom. The van der Waals surface area contributed by atoms with E-state index in [1.807, 2.05) is 0 Å². The zero-order valence-electron chi connectivity index (χ0n) is 11.8. The minimum atomic E-state index is -0.491. The molecule has 0 heterocycles. The Balaban J connectivity index is 3.00. The van der Waals surface area contributed by atoms with E-state index in [2.05, 4.69) is 5.32 Å². The van der Waals surface area contributed by atoms with E-state index in [0.29, 0.717) is 17.8 Å². The average molecular weight is 281 g/mol. The molecule has 110 valence electrons. The van der Waals surface area contributed by atoms with Crippen LogP contribution in [0.25, 0.3) is 0 Å². The number of carbonyl (C=O) groups is 1. The van der Waals surface area contributed by atoms with E-state index in [0.717, 1.165) is 0 Å². The molecule has 7 heteroatoms. The second-order valence-corrected chi connectivity index (χ2v) is 4.63. The first-order valence-electron chi connectivity index (χ1n) is 6.21. The summed E-state index contributed by atoms with van der Waals surface area (Å²) in [5, 5.41) is 22.7. The molecule has 0 aromatic heterocycles. The number of amides is 1. The molecule has 1 atom stereocenters. The first kappa shape index (κ1) is 15.9. The maximum atomic E-state index is 11.5. The highest BCUT2D eigenvalue weighted by molar-refractivity contribution is 5.79. The van der Waals surface area contributed by atoms with Crippen molar-refractivity contribution in [2.75, 3.05) is 25.5 Å². The van der Waals surface area contributed by atoms with Crippen molar-refractivity contribution in [3.63, 3.8) is 0 Å². The van der Waals surface area contributed by atoms with Gasteiger partial charge in [-0.2, -0.15) is 0 Å². The third kappa shape index (κ3) is 3.67. The lowest BCUT2D eigenvalue weighted by atomic mass is 10.1. The zero-order chi connectivity index (χ0) is 15.3. The molecule has 0 aliphatic rings. The first-order valence-corrected chi connectivity index (χ1v) is 6.21. The molecule has 1 amide bonds. The topological polar surface area (TPSA) is 95.7 Å². The summed E-state index contributed by atoms with van der Waals surface area (Å²) >= 11 is 0. The van der Waals surface area contributed by atoms with Crippen molar-refractivity contribution in [2.24, 2.45) is 5.92 Å². The SMILES string of the molecule is CNC(=O)C(C)CN(C)c1ccc(CO)cc1[N+](=O)[O-]. The molecule has 7 nitrogen and oxygen atoms in total. The molecule has 0 spiro atoms. The molecule has 0 fully saturated rings. The van der Waals surface area contributed by atoms with Crippen LogP contribution in [-0.4, -0.2) is 36.6 Å². The van der Waals surface area contributed by atoms with Crippen molar-refractivity contribution in [1.29, 1.82) is 0 Å². The number of nitrogens with one attached hydrogen (secondary N) is 1. The quantitative estimate of drug-likeness (QED) is 0.596. The Kier molecular flexibility index (Phi) is 5.45. The van der Waals surface area contributed by atoms with Gasteiger partial charge in [-0.25, -0.2) is 0 Å². The molecular formula is C13H19N3O4. The van der Waals surface area contributed by atoms with Gasteiger partial charge in [0.05, 0.1) is 17.4 Å². The van der Waals surface area contributed by atoms with Gasteiger partial charge in [0.15, 0.2) is 0 Å². The van der Waals surface area contributed by atoms with Crippen molar-refractivity contribution in [2.45, 2.75) is 13.5 Å². The van der Waals surface area contributed by atoms with Gasteiger partial charge in [-0.3, -0.25) is 14.9 Å². The number of benzene rings is 1. The van der Waals surface area contributed by atoms with Gasteiger partial charge in [0.25, 0.3) is 5.69 Å². The van der Waals surface area contributed by atoms with Gasteiger partial charge in [-0.15, -0.1) is 0 Å². The fraction of sp³-hybridized carbons (Fsp3) is 0.462. The van der Waals surface area contributed by atoms with Crippen LogP contribution >= 0.6 is 0 Å². The molecule has 20 heavy (non-hydrogen) atoms. The molecule has 0 bridgehead atoms. The van der Waals surface area contributed by atoms with Crippen LogP contribution in [-0.2, 0) is 11.4 Å². The van der Waals surface area contributed by atoms with Crippen LogP contribution in [0.2, 0.25) is 0 Å². The number of aliphatic hydroxyl groups is 1. The number of aliphatic hydroxyl groups excluding tert-OH is 1. The molecule has 0 saturated heterocycles. The summed E-state index contributed by atoms with van der Waals surface area (Å²) in [6.45, 7) is 1.86. The Morgan fingerprint density at radius 1 is 1.55 bits per heavy atom. The average Bonchev–Trinajstić information content (AvgIpc) is 2.45. The standard InChI is InChI=1S/C13H19N3O4/c1-9(13(18)14-2)7-15(3)11-5-4-10(8-17)6-12(11)16(19)20/h4-6,9,17H,7-8H2,1-3H3,(H,14,18). The highest BCUT2D eigenvalue weighted by Crippen LogP contribution is 2.29. The zero-order valence-corrected chi connectivity index (χ0v) is 11.8. The van der Waals surface area contributed by atoms with Crippen molar-refractivity contribution in [3.05, 3.63) is 33.9 Å². The van der Waals surface area contributed by atoms with Crippen LogP contribution in [0.4, 0.5) is 11.4 Å². The second kappa shape index (κ2) is 6.85. The van der Waals surface area contributed by atoms with Crippen molar-refractivity contribution < 1.29 is 14.8 Å². The van der Waals surface area contributed by atoms with Crippen LogP contribution in [0, 0.1) is 16.0 Å². The Labute approximate surface area is 117 Å². The second-order valence-electron chi connectivity index (χ2n) is 4.63. The molecule has 0 saturated carbocycles. The third-order valence-electron chi connectivity index (χ3n) is 3.07. The van der Waals surface area contributed by atoms with E-state index in [9.17, 15) is 14.9 Å². The summed E-state index contributed by atoms with van der Waals surface area (Å²) < 4.78 is 0. The number of anilines is 1. The number of nitro groups is 1. The van der Waals surface area contributed by atoms with Crippen molar-refractivity contribution in [1.82, 2.24) is 5.32 Å². The molecule has 0 aliphatic carbocycles. The highest BCUT2D eigenvalue weighted by atomic mass is 16.6. The van der Waals surface area contributed by atoms with Crippen LogP contribution in [0.3, 0.4) is 0 Å². The molecule has 0 radical (unpaired) electrons. The van der Waals surface area contributed by atoms with Gasteiger partial charge >= 0.3 is 0 Å². The largest absolute Gasteiger partial charge is 0.392 e. The number of carbonyl (C=O) groups excluding carboxylic acids is 1. The number of hydrogen-bond donors (Lipinski definition) is 2. The van der Waals surface area contributed by atoms with Crippen molar-refractivity contribution >= 4 is 17.3 Å². The van der Waals surface area contributed by atoms with E-state index in [1.165, 1.54) is 6.07 Å². The summed E-state index contributed by atoms with van der Waals surface area (Å²) in [6.07, 6.45) is 0. The number of rotatable bonds is 6. The Morgan fingerprint density at radius 2 is 2.20 bits per heavy atom. The fourth-order valence-electron chi connectivity index (χ4n) is 1.97. The molecule has 1 aromatic rings. The highest BCUT2D eigenvalue weighted by Gasteiger charge is 2.21. The van der Waals surface area contributed by atoms with E-state index in [4.69, 9.17) is 5.11 Å². The molecule has 1 rings (SSSR count). The third-order valence-corrected chi connectivity index (χ3v) is 3.07.